The second kappa shape index (κ2) is 5.44. The van der Waals surface area contributed by atoms with Crippen LogP contribution in [0.15, 0.2) is 11.1 Å². The molecule has 0 saturated heterocycles. The molecule has 0 aliphatic carbocycles. The monoisotopic (exact) mass is 289 g/mol. The summed E-state index contributed by atoms with van der Waals surface area (Å²) in [5.41, 5.74) is 5.55. The van der Waals surface area contributed by atoms with E-state index in [1.54, 1.807) is 6.07 Å². The molecule has 1 aromatic rings. The van der Waals surface area contributed by atoms with Crippen molar-refractivity contribution >= 4 is 27.4 Å². The Morgan fingerprint density at radius 2 is 1.94 bits per heavy atom. The van der Waals surface area contributed by atoms with Crippen LogP contribution in [0.2, 0.25) is 0 Å². The summed E-state index contributed by atoms with van der Waals surface area (Å²) in [6.45, 7) is 6.02. The first-order valence-electron chi connectivity index (χ1n) is 5.53. The Morgan fingerprint density at radius 3 is 2.44 bits per heavy atom. The molecule has 1 rings (SSSR count). The van der Waals surface area contributed by atoms with Gasteiger partial charge in [0.2, 0.25) is 0 Å². The zero-order valence-electron chi connectivity index (χ0n) is 11.1. The van der Waals surface area contributed by atoms with Gasteiger partial charge in [0.05, 0.1) is 5.75 Å². The van der Waals surface area contributed by atoms with Crippen molar-refractivity contribution in [2.75, 3.05) is 23.5 Å². The molecule has 0 aromatic carbocycles. The van der Waals surface area contributed by atoms with Crippen molar-refractivity contribution < 1.29 is 8.42 Å². The van der Waals surface area contributed by atoms with Gasteiger partial charge in [0.1, 0.15) is 26.5 Å². The molecule has 7 heteroatoms. The van der Waals surface area contributed by atoms with Crippen molar-refractivity contribution in [1.82, 2.24) is 9.97 Å². The molecule has 0 radical (unpaired) electrons. The number of sulfone groups is 1. The van der Waals surface area contributed by atoms with Gasteiger partial charge in [-0.1, -0.05) is 20.8 Å². The summed E-state index contributed by atoms with van der Waals surface area (Å²) in [6.07, 6.45) is 1.22. The minimum absolute atomic E-state index is 0.131. The van der Waals surface area contributed by atoms with Crippen molar-refractivity contribution in [3.63, 3.8) is 0 Å². The van der Waals surface area contributed by atoms with E-state index < -0.39 is 9.84 Å². The maximum atomic E-state index is 11.0. The van der Waals surface area contributed by atoms with Gasteiger partial charge in [-0.25, -0.2) is 18.4 Å². The van der Waals surface area contributed by atoms with Gasteiger partial charge in [-0.05, 0) is 0 Å². The van der Waals surface area contributed by atoms with Gasteiger partial charge in [-0.3, -0.25) is 0 Å². The van der Waals surface area contributed by atoms with Gasteiger partial charge < -0.3 is 5.73 Å². The summed E-state index contributed by atoms with van der Waals surface area (Å²) in [5.74, 6) is 1.69. The van der Waals surface area contributed by atoms with E-state index in [4.69, 9.17) is 5.73 Å². The van der Waals surface area contributed by atoms with E-state index in [0.717, 1.165) is 5.03 Å². The van der Waals surface area contributed by atoms with Gasteiger partial charge in [-0.15, -0.1) is 11.8 Å². The zero-order chi connectivity index (χ0) is 14.0. The van der Waals surface area contributed by atoms with Crippen molar-refractivity contribution in [3.05, 3.63) is 11.9 Å². The lowest BCUT2D eigenvalue weighted by molar-refractivity contribution is 0.540. The van der Waals surface area contributed by atoms with Crippen LogP contribution in [0.1, 0.15) is 26.6 Å². The third kappa shape index (κ3) is 5.22. The fraction of sp³-hybridized carbons (Fsp3) is 0.636. The summed E-state index contributed by atoms with van der Waals surface area (Å²) in [7, 11) is -2.94. The summed E-state index contributed by atoms with van der Waals surface area (Å²) in [6, 6.07) is 1.67. The lowest BCUT2D eigenvalue weighted by atomic mass is 9.96. The normalized spacial score (nSPS) is 12.7. The second-order valence-electron chi connectivity index (χ2n) is 5.18. The summed E-state index contributed by atoms with van der Waals surface area (Å²) in [4.78, 5) is 8.60. The molecule has 0 saturated carbocycles. The van der Waals surface area contributed by atoms with Gasteiger partial charge in [0.15, 0.2) is 0 Å². The summed E-state index contributed by atoms with van der Waals surface area (Å²) < 4.78 is 22.1. The summed E-state index contributed by atoms with van der Waals surface area (Å²) in [5, 5.41) is 0.719. The highest BCUT2D eigenvalue weighted by molar-refractivity contribution is 8.00. The Bertz CT molecular complexity index is 522. The van der Waals surface area contributed by atoms with Crippen LogP contribution >= 0.6 is 11.8 Å². The predicted octanol–water partition coefficient (Wildman–Crippen LogP) is 1.49. The Labute approximate surface area is 113 Å². The number of hydrogen-bond donors (Lipinski definition) is 1. The number of nitrogens with two attached hydrogens (primary N) is 1. The van der Waals surface area contributed by atoms with Gasteiger partial charge in [-0.2, -0.15) is 0 Å². The van der Waals surface area contributed by atoms with E-state index in [2.05, 4.69) is 9.97 Å². The van der Waals surface area contributed by atoms with Gasteiger partial charge in [0.25, 0.3) is 0 Å². The SMILES string of the molecule is CC(C)(C)c1nc(N)cc(SCCS(C)(=O)=O)n1. The Morgan fingerprint density at radius 1 is 1.33 bits per heavy atom. The highest BCUT2D eigenvalue weighted by Gasteiger charge is 2.18. The number of anilines is 1. The van der Waals surface area contributed by atoms with Crippen LogP contribution in [0.4, 0.5) is 5.82 Å². The van der Waals surface area contributed by atoms with Crippen LogP contribution in [0.25, 0.3) is 0 Å². The van der Waals surface area contributed by atoms with Gasteiger partial charge in [0, 0.05) is 23.5 Å². The first kappa shape index (κ1) is 15.2. The second-order valence-corrected chi connectivity index (χ2v) is 8.56. The summed E-state index contributed by atoms with van der Waals surface area (Å²) >= 11 is 1.38. The molecule has 18 heavy (non-hydrogen) atoms. The number of rotatable bonds is 4. The maximum absolute atomic E-state index is 11.0. The van der Waals surface area contributed by atoms with Crippen LogP contribution in [-0.2, 0) is 15.3 Å². The van der Waals surface area contributed by atoms with E-state index in [0.29, 0.717) is 17.4 Å². The first-order chi connectivity index (χ1) is 8.08. The molecule has 1 aromatic heterocycles. The van der Waals surface area contributed by atoms with Crippen LogP contribution < -0.4 is 5.73 Å². The Balaban J connectivity index is 2.81. The smallest absolute Gasteiger partial charge is 0.148 e. The molecule has 0 amide bonds. The number of nitrogens with zero attached hydrogens (tertiary/aromatic N) is 2. The van der Waals surface area contributed by atoms with Crippen molar-refractivity contribution in [1.29, 1.82) is 0 Å². The largest absolute Gasteiger partial charge is 0.384 e. The standard InChI is InChI=1S/C11H19N3O2S2/c1-11(2,3)10-13-8(12)7-9(14-10)17-5-6-18(4,15)16/h7H,5-6H2,1-4H3,(H2,12,13,14). The van der Waals surface area contributed by atoms with Crippen molar-refractivity contribution in [3.8, 4) is 0 Å². The van der Waals surface area contributed by atoms with Crippen molar-refractivity contribution in [2.24, 2.45) is 0 Å². The van der Waals surface area contributed by atoms with E-state index in [1.165, 1.54) is 18.0 Å². The van der Waals surface area contributed by atoms with Crippen LogP contribution in [-0.4, -0.2) is 36.1 Å². The number of nitrogen functional groups attached to an aromatic ring is 1. The van der Waals surface area contributed by atoms with Crippen LogP contribution in [0, 0.1) is 0 Å². The third-order valence-corrected chi connectivity index (χ3v) is 4.21. The van der Waals surface area contributed by atoms with E-state index >= 15 is 0 Å². The molecule has 102 valence electrons. The van der Waals surface area contributed by atoms with E-state index in [9.17, 15) is 8.42 Å². The predicted molar refractivity (Wildman–Crippen MR) is 75.6 cm³/mol. The Hall–Kier alpha value is -0.820. The molecule has 0 atom stereocenters. The number of aromatic nitrogens is 2. The van der Waals surface area contributed by atoms with Crippen molar-refractivity contribution in [2.45, 2.75) is 31.2 Å². The minimum atomic E-state index is -2.94. The van der Waals surface area contributed by atoms with E-state index in [1.807, 2.05) is 20.8 Å². The lowest BCUT2D eigenvalue weighted by Gasteiger charge is -2.17. The number of hydrogen-bond acceptors (Lipinski definition) is 6. The molecule has 0 unspecified atom stereocenters. The quantitative estimate of drug-likeness (QED) is 0.667. The molecular formula is C11H19N3O2S2. The molecular weight excluding hydrogens is 270 g/mol. The average Bonchev–Trinajstić information content (AvgIpc) is 2.13. The van der Waals surface area contributed by atoms with Crippen LogP contribution in [0.5, 0.6) is 0 Å². The topological polar surface area (TPSA) is 85.9 Å². The lowest BCUT2D eigenvalue weighted by Crippen LogP contribution is -2.17. The van der Waals surface area contributed by atoms with E-state index in [-0.39, 0.29) is 11.2 Å². The highest BCUT2D eigenvalue weighted by Crippen LogP contribution is 2.23. The third-order valence-electron chi connectivity index (χ3n) is 2.10. The fourth-order valence-corrected chi connectivity index (χ4v) is 3.26. The van der Waals surface area contributed by atoms with Crippen LogP contribution in [0.3, 0.4) is 0 Å². The molecule has 0 aliphatic heterocycles. The Kier molecular flexibility index (Phi) is 4.61. The fourth-order valence-electron chi connectivity index (χ4n) is 1.15. The molecule has 0 aliphatic rings. The molecule has 2 N–H and O–H groups in total. The highest BCUT2D eigenvalue weighted by atomic mass is 32.2. The number of thioether (sulfide) groups is 1. The molecule has 1 heterocycles. The molecule has 0 bridgehead atoms. The van der Waals surface area contributed by atoms with Gasteiger partial charge >= 0.3 is 0 Å². The zero-order valence-corrected chi connectivity index (χ0v) is 12.7. The molecule has 0 spiro atoms. The average molecular weight is 289 g/mol. The maximum Gasteiger partial charge on any atom is 0.148 e. The molecule has 0 fully saturated rings. The molecule has 5 nitrogen and oxygen atoms in total. The first-order valence-corrected chi connectivity index (χ1v) is 8.58. The minimum Gasteiger partial charge on any atom is -0.384 e.